The van der Waals surface area contributed by atoms with Crippen molar-refractivity contribution in [3.63, 3.8) is 0 Å². The standard InChI is InChI=1S/C19H21N3O4S.C2HF3O2/c1-19(2,3)16(18(23)24)15-10-14-13(8-9-21-17(14)22-15)11-4-6-12(7-5-11)27(20,25)26;3-2(4,5)1(6)7/h4-10,16H,1-3H3,(H,21,22)(H,23,24)(H2,20,25,26);(H,6,7). The number of carbonyl (C=O) groups is 2. The van der Waals surface area contributed by atoms with Crippen molar-refractivity contribution in [2.45, 2.75) is 37.8 Å². The van der Waals surface area contributed by atoms with Crippen molar-refractivity contribution < 1.29 is 41.4 Å². The number of aromatic amines is 1. The van der Waals surface area contributed by atoms with E-state index in [-0.39, 0.29) is 4.90 Å². The van der Waals surface area contributed by atoms with Crippen LogP contribution in [-0.4, -0.2) is 46.7 Å². The molecule has 184 valence electrons. The van der Waals surface area contributed by atoms with E-state index in [1.165, 1.54) is 12.1 Å². The SMILES string of the molecule is CC(C)(C)C(C(=O)O)c1cc2c(-c3ccc(S(N)(=O)=O)cc3)ccnc2[nH]1.O=C(O)C(F)(F)F. The van der Waals surface area contributed by atoms with E-state index in [9.17, 15) is 31.5 Å². The van der Waals surface area contributed by atoms with Crippen molar-refractivity contribution in [1.29, 1.82) is 0 Å². The molecule has 0 aliphatic carbocycles. The van der Waals surface area contributed by atoms with Gasteiger partial charge in [0.25, 0.3) is 0 Å². The van der Waals surface area contributed by atoms with Crippen molar-refractivity contribution in [2.24, 2.45) is 10.6 Å². The van der Waals surface area contributed by atoms with Crippen LogP contribution in [0.15, 0.2) is 47.5 Å². The Bertz CT molecular complexity index is 1310. The van der Waals surface area contributed by atoms with Crippen molar-refractivity contribution in [3.8, 4) is 11.1 Å². The highest BCUT2D eigenvalue weighted by Crippen LogP contribution is 2.37. The lowest BCUT2D eigenvalue weighted by molar-refractivity contribution is -0.192. The summed E-state index contributed by atoms with van der Waals surface area (Å²) in [5, 5.41) is 22.7. The summed E-state index contributed by atoms with van der Waals surface area (Å²) in [6, 6.07) is 9.83. The van der Waals surface area contributed by atoms with E-state index in [0.29, 0.717) is 11.3 Å². The monoisotopic (exact) mass is 501 g/mol. The van der Waals surface area contributed by atoms with Crippen LogP contribution in [0, 0.1) is 5.41 Å². The van der Waals surface area contributed by atoms with Gasteiger partial charge in [-0.1, -0.05) is 32.9 Å². The average molecular weight is 501 g/mol. The highest BCUT2D eigenvalue weighted by atomic mass is 32.2. The number of sulfonamides is 1. The first kappa shape index (κ1) is 26.8. The topological polar surface area (TPSA) is 163 Å². The van der Waals surface area contributed by atoms with E-state index in [1.807, 2.05) is 20.8 Å². The van der Waals surface area contributed by atoms with Gasteiger partial charge in [-0.05, 0) is 40.8 Å². The third-order valence-corrected chi connectivity index (χ3v) is 5.64. The Labute approximate surface area is 192 Å². The fourth-order valence-electron chi connectivity index (χ4n) is 3.25. The van der Waals surface area contributed by atoms with Gasteiger partial charge in [-0.25, -0.2) is 23.3 Å². The number of benzene rings is 1. The van der Waals surface area contributed by atoms with Crippen LogP contribution in [0.1, 0.15) is 32.4 Å². The molecule has 0 radical (unpaired) electrons. The van der Waals surface area contributed by atoms with E-state index in [2.05, 4.69) is 9.97 Å². The zero-order valence-electron chi connectivity index (χ0n) is 18.2. The van der Waals surface area contributed by atoms with Gasteiger partial charge in [0.15, 0.2) is 0 Å². The maximum absolute atomic E-state index is 11.8. The number of fused-ring (bicyclic) bond motifs is 1. The summed E-state index contributed by atoms with van der Waals surface area (Å²) in [4.78, 5) is 28.2. The van der Waals surface area contributed by atoms with Crippen LogP contribution in [-0.2, 0) is 19.6 Å². The first-order valence-corrected chi connectivity index (χ1v) is 11.1. The van der Waals surface area contributed by atoms with Gasteiger partial charge in [-0.15, -0.1) is 0 Å². The first-order chi connectivity index (χ1) is 15.4. The number of hydrogen-bond acceptors (Lipinski definition) is 5. The number of aliphatic carboxylic acids is 2. The number of nitrogens with two attached hydrogens (primary N) is 1. The van der Waals surface area contributed by atoms with E-state index in [4.69, 9.17) is 15.0 Å². The zero-order valence-corrected chi connectivity index (χ0v) is 19.0. The number of primary sulfonamides is 1. The third kappa shape index (κ3) is 6.32. The number of pyridine rings is 1. The lowest BCUT2D eigenvalue weighted by Crippen LogP contribution is -2.26. The maximum atomic E-state index is 11.8. The number of nitrogens with zero attached hydrogens (tertiary/aromatic N) is 1. The Hall–Kier alpha value is -3.45. The molecular weight excluding hydrogens is 479 g/mol. The summed E-state index contributed by atoms with van der Waals surface area (Å²) in [6.07, 6.45) is -3.46. The number of halogens is 3. The molecule has 0 aliphatic heterocycles. The summed E-state index contributed by atoms with van der Waals surface area (Å²) in [7, 11) is -3.76. The van der Waals surface area contributed by atoms with Gasteiger partial charge >= 0.3 is 18.1 Å². The van der Waals surface area contributed by atoms with E-state index in [0.717, 1.165) is 16.5 Å². The van der Waals surface area contributed by atoms with E-state index < -0.39 is 39.5 Å². The number of rotatable bonds is 4. The van der Waals surface area contributed by atoms with E-state index in [1.54, 1.807) is 30.5 Å². The van der Waals surface area contributed by atoms with Gasteiger partial charge in [0.1, 0.15) is 11.6 Å². The molecule has 9 nitrogen and oxygen atoms in total. The summed E-state index contributed by atoms with van der Waals surface area (Å²) in [5.41, 5.74) is 2.27. The minimum Gasteiger partial charge on any atom is -0.481 e. The normalized spacial score (nSPS) is 13.1. The van der Waals surface area contributed by atoms with Crippen LogP contribution in [0.25, 0.3) is 22.2 Å². The van der Waals surface area contributed by atoms with Crippen LogP contribution in [0.5, 0.6) is 0 Å². The molecule has 0 saturated heterocycles. The quantitative estimate of drug-likeness (QED) is 0.423. The number of H-pyrrole nitrogens is 1. The van der Waals surface area contributed by atoms with Gasteiger partial charge in [0.2, 0.25) is 10.0 Å². The Balaban J connectivity index is 0.000000509. The Morgan fingerprint density at radius 1 is 1.06 bits per heavy atom. The zero-order chi connectivity index (χ0) is 26.1. The van der Waals surface area contributed by atoms with Gasteiger partial charge in [-0.2, -0.15) is 13.2 Å². The number of carboxylic acids is 2. The number of nitrogens with one attached hydrogen (secondary N) is 1. The number of aromatic nitrogens is 2. The predicted octanol–water partition coefficient (Wildman–Crippen LogP) is 3.72. The van der Waals surface area contributed by atoms with Gasteiger partial charge in [0, 0.05) is 17.3 Å². The Kier molecular flexibility index (Phi) is 7.43. The molecule has 1 aromatic carbocycles. The number of hydrogen-bond donors (Lipinski definition) is 4. The molecule has 2 heterocycles. The molecule has 3 aromatic rings. The summed E-state index contributed by atoms with van der Waals surface area (Å²) < 4.78 is 54.6. The molecule has 0 spiro atoms. The fourth-order valence-corrected chi connectivity index (χ4v) is 3.76. The highest BCUT2D eigenvalue weighted by Gasteiger charge is 2.38. The van der Waals surface area contributed by atoms with Crippen molar-refractivity contribution in [2.75, 3.05) is 0 Å². The summed E-state index contributed by atoms with van der Waals surface area (Å²) in [6.45, 7) is 5.62. The van der Waals surface area contributed by atoms with Crippen LogP contribution in [0.3, 0.4) is 0 Å². The molecular formula is C21H22F3N3O6S. The Morgan fingerprint density at radius 3 is 2.00 bits per heavy atom. The maximum Gasteiger partial charge on any atom is 0.490 e. The van der Waals surface area contributed by atoms with Crippen LogP contribution < -0.4 is 5.14 Å². The lowest BCUT2D eigenvalue weighted by atomic mass is 9.79. The second-order valence-corrected chi connectivity index (χ2v) is 9.92. The summed E-state index contributed by atoms with van der Waals surface area (Å²) in [5.74, 6) is -4.38. The molecule has 5 N–H and O–H groups in total. The molecule has 0 amide bonds. The van der Waals surface area contributed by atoms with Crippen molar-refractivity contribution in [3.05, 3.63) is 48.3 Å². The highest BCUT2D eigenvalue weighted by molar-refractivity contribution is 7.89. The molecule has 1 unspecified atom stereocenters. The van der Waals surface area contributed by atoms with Gasteiger partial charge < -0.3 is 15.2 Å². The predicted molar refractivity (Wildman–Crippen MR) is 116 cm³/mol. The summed E-state index contributed by atoms with van der Waals surface area (Å²) >= 11 is 0. The van der Waals surface area contributed by atoms with Gasteiger partial charge in [0.05, 0.1) is 4.90 Å². The number of carboxylic acid groups (broad SMARTS) is 2. The molecule has 0 saturated carbocycles. The molecule has 0 bridgehead atoms. The van der Waals surface area contributed by atoms with Crippen LogP contribution in [0.2, 0.25) is 0 Å². The number of alkyl halides is 3. The fraction of sp³-hybridized carbons (Fsp3) is 0.286. The second-order valence-electron chi connectivity index (χ2n) is 8.36. The molecule has 13 heteroatoms. The first-order valence-electron chi connectivity index (χ1n) is 9.56. The average Bonchev–Trinajstić information content (AvgIpc) is 3.08. The minimum absolute atomic E-state index is 0.0324. The molecule has 3 rings (SSSR count). The largest absolute Gasteiger partial charge is 0.490 e. The third-order valence-electron chi connectivity index (χ3n) is 4.71. The van der Waals surface area contributed by atoms with E-state index >= 15 is 0 Å². The molecule has 2 aromatic heterocycles. The van der Waals surface area contributed by atoms with Crippen molar-refractivity contribution >= 4 is 33.0 Å². The smallest absolute Gasteiger partial charge is 0.481 e. The van der Waals surface area contributed by atoms with Crippen LogP contribution in [0.4, 0.5) is 13.2 Å². The van der Waals surface area contributed by atoms with Crippen molar-refractivity contribution in [1.82, 2.24) is 9.97 Å². The molecule has 1 atom stereocenters. The van der Waals surface area contributed by atoms with Gasteiger partial charge in [-0.3, -0.25) is 4.79 Å². The minimum atomic E-state index is -5.08. The lowest BCUT2D eigenvalue weighted by Gasteiger charge is -2.26. The Morgan fingerprint density at radius 2 is 1.59 bits per heavy atom. The molecule has 0 fully saturated rings. The molecule has 34 heavy (non-hydrogen) atoms. The van der Waals surface area contributed by atoms with Crippen LogP contribution >= 0.6 is 0 Å². The second kappa shape index (κ2) is 9.43. The molecule has 0 aliphatic rings.